The Bertz CT molecular complexity index is 515. The number of aryl methyl sites for hydroxylation is 1. The normalized spacial score (nSPS) is 22.2. The molecule has 2 heterocycles. The summed E-state index contributed by atoms with van der Waals surface area (Å²) in [5, 5.41) is 7.62. The molecule has 0 unspecified atom stereocenters. The van der Waals surface area contributed by atoms with Crippen LogP contribution in [0.5, 0.6) is 0 Å². The highest BCUT2D eigenvalue weighted by Crippen LogP contribution is 2.24. The van der Waals surface area contributed by atoms with Gasteiger partial charge in [0.25, 0.3) is 5.91 Å². The van der Waals surface area contributed by atoms with Gasteiger partial charge in [0, 0.05) is 32.1 Å². The minimum atomic E-state index is 0.00523. The van der Waals surface area contributed by atoms with Crippen molar-refractivity contribution in [2.24, 2.45) is 0 Å². The molecule has 1 fully saturated rings. The van der Waals surface area contributed by atoms with Crippen LogP contribution in [0.4, 0.5) is 0 Å². The van der Waals surface area contributed by atoms with Crippen molar-refractivity contribution >= 4 is 23.2 Å². The molecule has 0 aliphatic carbocycles. The van der Waals surface area contributed by atoms with E-state index in [-0.39, 0.29) is 17.9 Å². The molecule has 0 bridgehead atoms. The molecule has 1 aromatic heterocycles. The molecule has 2 amide bonds. The quantitative estimate of drug-likeness (QED) is 0.864. The van der Waals surface area contributed by atoms with Gasteiger partial charge in [-0.3, -0.25) is 14.5 Å². The topological polar surface area (TPSA) is 61.4 Å². The van der Waals surface area contributed by atoms with Gasteiger partial charge in [0.05, 0.1) is 4.88 Å². The molecule has 6 heteroatoms. The van der Waals surface area contributed by atoms with Gasteiger partial charge >= 0.3 is 0 Å². The predicted molar refractivity (Wildman–Crippen MR) is 84.6 cm³/mol. The zero-order valence-electron chi connectivity index (χ0n) is 12.8. The van der Waals surface area contributed by atoms with E-state index in [0.29, 0.717) is 19.0 Å². The number of hydrogen-bond acceptors (Lipinski definition) is 4. The van der Waals surface area contributed by atoms with Gasteiger partial charge in [-0.1, -0.05) is 0 Å². The minimum absolute atomic E-state index is 0.00523. The maximum Gasteiger partial charge on any atom is 0.261 e. The summed E-state index contributed by atoms with van der Waals surface area (Å²) >= 11 is 1.47. The number of nitrogens with zero attached hydrogens (tertiary/aromatic N) is 1. The van der Waals surface area contributed by atoms with Crippen LogP contribution in [0.2, 0.25) is 0 Å². The van der Waals surface area contributed by atoms with Gasteiger partial charge < -0.3 is 10.6 Å². The first-order valence-corrected chi connectivity index (χ1v) is 8.15. The molecule has 116 valence electrons. The average molecular weight is 309 g/mol. The summed E-state index contributed by atoms with van der Waals surface area (Å²) in [6.45, 7) is 2.59. The van der Waals surface area contributed by atoms with E-state index in [1.807, 2.05) is 25.4 Å². The Morgan fingerprint density at radius 2 is 2.10 bits per heavy atom. The van der Waals surface area contributed by atoms with Crippen LogP contribution in [0.3, 0.4) is 0 Å². The third kappa shape index (κ3) is 3.83. The fourth-order valence-corrected chi connectivity index (χ4v) is 3.64. The van der Waals surface area contributed by atoms with E-state index in [1.165, 1.54) is 11.3 Å². The fraction of sp³-hybridized carbons (Fsp3) is 0.600. The lowest BCUT2D eigenvalue weighted by molar-refractivity contribution is -0.121. The van der Waals surface area contributed by atoms with E-state index in [1.54, 1.807) is 7.05 Å². The lowest BCUT2D eigenvalue weighted by Gasteiger charge is -2.25. The molecule has 2 N–H and O–H groups in total. The van der Waals surface area contributed by atoms with Gasteiger partial charge in [-0.05, 0) is 43.8 Å². The van der Waals surface area contributed by atoms with Crippen molar-refractivity contribution in [2.75, 3.05) is 20.6 Å². The monoisotopic (exact) mass is 309 g/mol. The first-order valence-electron chi connectivity index (χ1n) is 7.27. The molecule has 2 atom stereocenters. The number of hydrogen-bond donors (Lipinski definition) is 2. The van der Waals surface area contributed by atoms with Gasteiger partial charge in [-0.15, -0.1) is 11.3 Å². The van der Waals surface area contributed by atoms with Gasteiger partial charge in [-0.25, -0.2) is 0 Å². The van der Waals surface area contributed by atoms with Crippen LogP contribution in [0.1, 0.15) is 34.5 Å². The second kappa shape index (κ2) is 7.04. The van der Waals surface area contributed by atoms with Crippen LogP contribution in [-0.4, -0.2) is 49.4 Å². The molecule has 0 spiro atoms. The van der Waals surface area contributed by atoms with E-state index in [9.17, 15) is 9.59 Å². The SMILES string of the molecule is CNC(=O)C[C@H]1CC[C@@H](CNC(=O)c2sccc2C)N1C. The third-order valence-electron chi connectivity index (χ3n) is 4.25. The number of carbonyl (C=O) groups excluding carboxylic acids is 2. The maximum atomic E-state index is 12.1. The van der Waals surface area contributed by atoms with Crippen molar-refractivity contribution in [3.05, 3.63) is 21.9 Å². The van der Waals surface area contributed by atoms with E-state index in [4.69, 9.17) is 0 Å². The van der Waals surface area contributed by atoms with Crippen molar-refractivity contribution in [3.63, 3.8) is 0 Å². The summed E-state index contributed by atoms with van der Waals surface area (Å²) in [7, 11) is 3.70. The summed E-state index contributed by atoms with van der Waals surface area (Å²) in [5.74, 6) is 0.0800. The molecule has 1 aliphatic rings. The first kappa shape index (κ1) is 16.0. The molecule has 21 heavy (non-hydrogen) atoms. The van der Waals surface area contributed by atoms with Crippen LogP contribution < -0.4 is 10.6 Å². The number of thiophene rings is 1. The van der Waals surface area contributed by atoms with Crippen LogP contribution in [-0.2, 0) is 4.79 Å². The number of amides is 2. The molecule has 1 aromatic rings. The van der Waals surface area contributed by atoms with Gasteiger partial charge in [0.1, 0.15) is 0 Å². The van der Waals surface area contributed by atoms with Gasteiger partial charge in [0.2, 0.25) is 5.91 Å². The van der Waals surface area contributed by atoms with Crippen LogP contribution in [0.15, 0.2) is 11.4 Å². The summed E-state index contributed by atoms with van der Waals surface area (Å²) < 4.78 is 0. The number of carbonyl (C=O) groups is 2. The molecule has 5 nitrogen and oxygen atoms in total. The Kier molecular flexibility index (Phi) is 5.36. The first-order chi connectivity index (χ1) is 10.0. The summed E-state index contributed by atoms with van der Waals surface area (Å²) in [6, 6.07) is 2.54. The highest BCUT2D eigenvalue weighted by molar-refractivity contribution is 7.12. The average Bonchev–Trinajstić information content (AvgIpc) is 3.04. The Hall–Kier alpha value is -1.40. The van der Waals surface area contributed by atoms with Crippen molar-refractivity contribution in [2.45, 2.75) is 38.3 Å². The lowest BCUT2D eigenvalue weighted by atomic mass is 10.1. The Morgan fingerprint density at radius 3 is 2.71 bits per heavy atom. The second-order valence-corrected chi connectivity index (χ2v) is 6.49. The molecule has 2 rings (SSSR count). The maximum absolute atomic E-state index is 12.1. The summed E-state index contributed by atoms with van der Waals surface area (Å²) in [5.41, 5.74) is 1.02. The van der Waals surface area contributed by atoms with E-state index in [2.05, 4.69) is 15.5 Å². The largest absolute Gasteiger partial charge is 0.359 e. The molecule has 1 aliphatic heterocycles. The van der Waals surface area contributed by atoms with Crippen LogP contribution in [0.25, 0.3) is 0 Å². The van der Waals surface area contributed by atoms with Crippen molar-refractivity contribution < 1.29 is 9.59 Å². The van der Waals surface area contributed by atoms with Crippen LogP contribution >= 0.6 is 11.3 Å². The zero-order chi connectivity index (χ0) is 15.4. The molecule has 0 aromatic carbocycles. The van der Waals surface area contributed by atoms with Gasteiger partial charge in [-0.2, -0.15) is 0 Å². The zero-order valence-corrected chi connectivity index (χ0v) is 13.6. The second-order valence-electron chi connectivity index (χ2n) is 5.57. The number of rotatable bonds is 5. The minimum Gasteiger partial charge on any atom is -0.359 e. The van der Waals surface area contributed by atoms with E-state index >= 15 is 0 Å². The smallest absolute Gasteiger partial charge is 0.261 e. The molecule has 1 saturated heterocycles. The fourth-order valence-electron chi connectivity index (χ4n) is 2.79. The Morgan fingerprint density at radius 1 is 1.38 bits per heavy atom. The highest BCUT2D eigenvalue weighted by atomic mass is 32.1. The summed E-state index contributed by atoms with van der Waals surface area (Å²) in [4.78, 5) is 26.6. The van der Waals surface area contributed by atoms with Gasteiger partial charge in [0.15, 0.2) is 0 Å². The van der Waals surface area contributed by atoms with E-state index in [0.717, 1.165) is 23.3 Å². The number of likely N-dealkylation sites (tertiary alicyclic amines) is 1. The molecular formula is C15H23N3O2S. The van der Waals surface area contributed by atoms with E-state index < -0.39 is 0 Å². The summed E-state index contributed by atoms with van der Waals surface area (Å²) in [6.07, 6.45) is 2.55. The standard InChI is InChI=1S/C15H23N3O2S/c1-10-6-7-21-14(10)15(20)17-9-12-5-4-11(18(12)3)8-13(19)16-2/h6-7,11-12H,4-5,8-9H2,1-3H3,(H,16,19)(H,17,20)/t11-,12+/m1/s1. The van der Waals surface area contributed by atoms with Crippen molar-refractivity contribution in [1.29, 1.82) is 0 Å². The van der Waals surface area contributed by atoms with Crippen molar-refractivity contribution in [1.82, 2.24) is 15.5 Å². The lowest BCUT2D eigenvalue weighted by Crippen LogP contribution is -2.42. The van der Waals surface area contributed by atoms with Crippen molar-refractivity contribution in [3.8, 4) is 0 Å². The number of likely N-dealkylation sites (N-methyl/N-ethyl adjacent to an activating group) is 1. The predicted octanol–water partition coefficient (Wildman–Crippen LogP) is 1.39. The van der Waals surface area contributed by atoms with Crippen LogP contribution in [0, 0.1) is 6.92 Å². The third-order valence-corrected chi connectivity index (χ3v) is 5.27. The molecular weight excluding hydrogens is 286 g/mol. The molecule has 0 saturated carbocycles. The Labute approximate surface area is 129 Å². The molecule has 0 radical (unpaired) electrons. The Balaban J connectivity index is 1.83. The number of nitrogens with one attached hydrogen (secondary N) is 2. The highest BCUT2D eigenvalue weighted by Gasteiger charge is 2.31.